The molecule has 2 rings (SSSR count). The van der Waals surface area contributed by atoms with Gasteiger partial charge in [-0.25, -0.2) is 13.1 Å². The summed E-state index contributed by atoms with van der Waals surface area (Å²) in [5.41, 5.74) is 0.832. The first-order valence-corrected chi connectivity index (χ1v) is 8.16. The fourth-order valence-corrected chi connectivity index (χ4v) is 3.43. The molecule has 0 fully saturated rings. The average molecular weight is 306 g/mol. The molecule has 1 aliphatic heterocycles. The number of hydrogen-bond donors (Lipinski definition) is 1. The third-order valence-electron chi connectivity index (χ3n) is 2.80. The normalized spacial score (nSPS) is 15.5. The molecular formula is C12H16ClNO4S. The van der Waals surface area contributed by atoms with Crippen LogP contribution < -0.4 is 14.2 Å². The zero-order valence-corrected chi connectivity index (χ0v) is 12.1. The highest BCUT2D eigenvalue weighted by Gasteiger charge is 2.19. The van der Waals surface area contributed by atoms with Crippen LogP contribution in [0, 0.1) is 0 Å². The maximum Gasteiger partial charge on any atom is 0.231 e. The smallest absolute Gasteiger partial charge is 0.231 e. The van der Waals surface area contributed by atoms with Gasteiger partial charge in [0.05, 0.1) is 5.75 Å². The van der Waals surface area contributed by atoms with Gasteiger partial charge in [0.15, 0.2) is 11.5 Å². The number of ether oxygens (including phenoxy) is 2. The van der Waals surface area contributed by atoms with Crippen LogP contribution in [0.5, 0.6) is 11.5 Å². The molecule has 0 bridgehead atoms. The summed E-state index contributed by atoms with van der Waals surface area (Å²) in [6.07, 6.45) is 0.435. The van der Waals surface area contributed by atoms with E-state index in [1.165, 1.54) is 0 Å². The molecule has 0 radical (unpaired) electrons. The SMILES string of the molecule is CC(NS(=O)(=O)CCCCl)c1ccc2c(c1)OCO2. The zero-order chi connectivity index (χ0) is 13.9. The fraction of sp³-hybridized carbons (Fsp3) is 0.500. The molecule has 1 aromatic rings. The van der Waals surface area contributed by atoms with E-state index in [-0.39, 0.29) is 18.6 Å². The summed E-state index contributed by atoms with van der Waals surface area (Å²) >= 11 is 5.50. The quantitative estimate of drug-likeness (QED) is 0.817. The lowest BCUT2D eigenvalue weighted by atomic mass is 10.1. The maximum atomic E-state index is 11.8. The second-order valence-corrected chi connectivity index (χ2v) is 6.57. The Balaban J connectivity index is 2.06. The Morgan fingerprint density at radius 3 is 2.84 bits per heavy atom. The topological polar surface area (TPSA) is 64.6 Å². The molecule has 19 heavy (non-hydrogen) atoms. The van der Waals surface area contributed by atoms with Crippen molar-refractivity contribution in [3.05, 3.63) is 23.8 Å². The minimum Gasteiger partial charge on any atom is -0.454 e. The summed E-state index contributed by atoms with van der Waals surface area (Å²) in [6, 6.07) is 5.07. The summed E-state index contributed by atoms with van der Waals surface area (Å²) < 4.78 is 36.7. The van der Waals surface area contributed by atoms with Crippen LogP contribution in [0.2, 0.25) is 0 Å². The van der Waals surface area contributed by atoms with Gasteiger partial charge < -0.3 is 9.47 Å². The Labute approximate surface area is 117 Å². The fourth-order valence-electron chi connectivity index (χ4n) is 1.82. The van der Waals surface area contributed by atoms with E-state index < -0.39 is 10.0 Å². The molecule has 1 N–H and O–H groups in total. The largest absolute Gasteiger partial charge is 0.454 e. The van der Waals surface area contributed by atoms with Crippen LogP contribution in [-0.4, -0.2) is 26.8 Å². The van der Waals surface area contributed by atoms with Crippen LogP contribution in [0.4, 0.5) is 0 Å². The first kappa shape index (κ1) is 14.4. The predicted molar refractivity (Wildman–Crippen MR) is 73.2 cm³/mol. The minimum absolute atomic E-state index is 0.0331. The summed E-state index contributed by atoms with van der Waals surface area (Å²) in [4.78, 5) is 0. The van der Waals surface area contributed by atoms with E-state index in [1.54, 1.807) is 19.1 Å². The van der Waals surface area contributed by atoms with Gasteiger partial charge in [0.2, 0.25) is 16.8 Å². The summed E-state index contributed by atoms with van der Waals surface area (Å²) in [6.45, 7) is 1.99. The van der Waals surface area contributed by atoms with Crippen molar-refractivity contribution in [2.45, 2.75) is 19.4 Å². The lowest BCUT2D eigenvalue weighted by Gasteiger charge is -2.14. The number of fused-ring (bicyclic) bond motifs is 1. The van der Waals surface area contributed by atoms with Crippen molar-refractivity contribution < 1.29 is 17.9 Å². The van der Waals surface area contributed by atoms with E-state index in [1.807, 2.05) is 6.07 Å². The number of alkyl halides is 1. The molecule has 0 aromatic heterocycles. The number of benzene rings is 1. The highest BCUT2D eigenvalue weighted by Crippen LogP contribution is 2.34. The molecule has 1 heterocycles. The van der Waals surface area contributed by atoms with Gasteiger partial charge >= 0.3 is 0 Å². The van der Waals surface area contributed by atoms with Crippen LogP contribution >= 0.6 is 11.6 Å². The van der Waals surface area contributed by atoms with E-state index in [4.69, 9.17) is 21.1 Å². The summed E-state index contributed by atoms with van der Waals surface area (Å²) in [7, 11) is -3.31. The molecule has 0 amide bonds. The molecule has 0 saturated carbocycles. The molecule has 0 aliphatic carbocycles. The lowest BCUT2D eigenvalue weighted by Crippen LogP contribution is -2.29. The molecular weight excluding hydrogens is 290 g/mol. The van der Waals surface area contributed by atoms with Crippen molar-refractivity contribution in [3.63, 3.8) is 0 Å². The van der Waals surface area contributed by atoms with Crippen molar-refractivity contribution in [2.75, 3.05) is 18.4 Å². The molecule has 0 saturated heterocycles. The van der Waals surface area contributed by atoms with Crippen molar-refractivity contribution in [1.29, 1.82) is 0 Å². The first-order valence-electron chi connectivity index (χ1n) is 5.97. The zero-order valence-electron chi connectivity index (χ0n) is 10.6. The highest BCUT2D eigenvalue weighted by molar-refractivity contribution is 7.89. The Hall–Kier alpha value is -0.980. The molecule has 5 nitrogen and oxygen atoms in total. The molecule has 1 unspecified atom stereocenters. The molecule has 1 aliphatic rings. The van der Waals surface area contributed by atoms with Crippen molar-refractivity contribution in [3.8, 4) is 11.5 Å². The van der Waals surface area contributed by atoms with E-state index in [0.717, 1.165) is 5.56 Å². The summed E-state index contributed by atoms with van der Waals surface area (Å²) in [5.74, 6) is 1.69. The van der Waals surface area contributed by atoms with Crippen molar-refractivity contribution in [1.82, 2.24) is 4.72 Å². The van der Waals surface area contributed by atoms with E-state index in [9.17, 15) is 8.42 Å². The predicted octanol–water partition coefficient (Wildman–Crippen LogP) is 2.02. The Morgan fingerprint density at radius 1 is 1.37 bits per heavy atom. The van der Waals surface area contributed by atoms with Gasteiger partial charge in [-0.05, 0) is 31.0 Å². The Bertz CT molecular complexity index is 547. The average Bonchev–Trinajstić information content (AvgIpc) is 2.83. The standard InChI is InChI=1S/C12H16ClNO4S/c1-9(14-19(15,16)6-2-5-13)10-3-4-11-12(7-10)18-8-17-11/h3-4,7,9,14H,2,5-6,8H2,1H3. The van der Waals surface area contributed by atoms with Crippen LogP contribution in [-0.2, 0) is 10.0 Å². The molecule has 1 aromatic carbocycles. The van der Waals surface area contributed by atoms with Crippen LogP contribution in [0.1, 0.15) is 24.9 Å². The molecule has 7 heteroatoms. The van der Waals surface area contributed by atoms with E-state index in [2.05, 4.69) is 4.72 Å². The van der Waals surface area contributed by atoms with Gasteiger partial charge in [0.1, 0.15) is 0 Å². The van der Waals surface area contributed by atoms with Gasteiger partial charge in [0, 0.05) is 11.9 Å². The van der Waals surface area contributed by atoms with Gasteiger partial charge in [-0.1, -0.05) is 6.07 Å². The Kier molecular flexibility index (Phi) is 4.54. The maximum absolute atomic E-state index is 11.8. The first-order chi connectivity index (χ1) is 9.02. The van der Waals surface area contributed by atoms with E-state index >= 15 is 0 Å². The lowest BCUT2D eigenvalue weighted by molar-refractivity contribution is 0.174. The van der Waals surface area contributed by atoms with Crippen LogP contribution in [0.3, 0.4) is 0 Å². The van der Waals surface area contributed by atoms with Crippen LogP contribution in [0.15, 0.2) is 18.2 Å². The number of halogens is 1. The van der Waals surface area contributed by atoms with Gasteiger partial charge in [-0.2, -0.15) is 0 Å². The summed E-state index contributed by atoms with van der Waals surface area (Å²) in [5, 5.41) is 0. The van der Waals surface area contributed by atoms with Crippen molar-refractivity contribution in [2.24, 2.45) is 0 Å². The monoisotopic (exact) mass is 305 g/mol. The second kappa shape index (κ2) is 5.98. The highest BCUT2D eigenvalue weighted by atomic mass is 35.5. The number of sulfonamides is 1. The molecule has 1 atom stereocenters. The second-order valence-electron chi connectivity index (χ2n) is 4.31. The minimum atomic E-state index is -3.31. The van der Waals surface area contributed by atoms with Gasteiger partial charge in [0.25, 0.3) is 0 Å². The Morgan fingerprint density at radius 2 is 2.11 bits per heavy atom. The van der Waals surface area contributed by atoms with Crippen LogP contribution in [0.25, 0.3) is 0 Å². The number of hydrogen-bond acceptors (Lipinski definition) is 4. The van der Waals surface area contributed by atoms with Crippen molar-refractivity contribution >= 4 is 21.6 Å². The third kappa shape index (κ3) is 3.75. The molecule has 106 valence electrons. The number of rotatable bonds is 6. The van der Waals surface area contributed by atoms with Gasteiger partial charge in [-0.15, -0.1) is 11.6 Å². The third-order valence-corrected chi connectivity index (χ3v) is 4.61. The van der Waals surface area contributed by atoms with Gasteiger partial charge in [-0.3, -0.25) is 0 Å². The number of nitrogens with one attached hydrogen (secondary N) is 1. The molecule has 0 spiro atoms. The van der Waals surface area contributed by atoms with E-state index in [0.29, 0.717) is 23.8 Å².